The number of rotatable bonds is 6. The Morgan fingerprint density at radius 3 is 2.62 bits per heavy atom. The van der Waals surface area contributed by atoms with Gasteiger partial charge in [-0.3, -0.25) is 4.79 Å². The molecule has 6 heteroatoms. The van der Waals surface area contributed by atoms with Crippen LogP contribution in [0.2, 0.25) is 0 Å². The highest BCUT2D eigenvalue weighted by atomic mass is 32.2. The number of thioether (sulfide) groups is 1. The van der Waals surface area contributed by atoms with E-state index < -0.39 is 0 Å². The molecular weight excluding hydrogens is 284 g/mol. The number of hydrogen-bond acceptors (Lipinski definition) is 5. The van der Waals surface area contributed by atoms with Crippen molar-refractivity contribution in [1.82, 2.24) is 9.97 Å². The van der Waals surface area contributed by atoms with E-state index in [1.165, 1.54) is 23.5 Å². The van der Waals surface area contributed by atoms with E-state index in [9.17, 15) is 4.79 Å². The van der Waals surface area contributed by atoms with E-state index in [1.807, 2.05) is 24.3 Å². The molecule has 1 aromatic heterocycles. The summed E-state index contributed by atoms with van der Waals surface area (Å²) in [6.45, 7) is 2.14. The van der Waals surface area contributed by atoms with E-state index in [-0.39, 0.29) is 11.7 Å². The minimum absolute atomic E-state index is 0.0895. The average Bonchev–Trinajstić information content (AvgIpc) is 2.49. The molecule has 110 valence electrons. The van der Waals surface area contributed by atoms with Crippen molar-refractivity contribution in [3.05, 3.63) is 42.2 Å². The van der Waals surface area contributed by atoms with Crippen LogP contribution in [0.15, 0.2) is 41.7 Å². The lowest BCUT2D eigenvalue weighted by Gasteiger charge is -2.06. The number of nitrogen functional groups attached to an aromatic ring is 1. The van der Waals surface area contributed by atoms with Gasteiger partial charge >= 0.3 is 0 Å². The van der Waals surface area contributed by atoms with Gasteiger partial charge in [0.1, 0.15) is 5.03 Å². The Balaban J connectivity index is 1.85. The number of amides is 1. The van der Waals surface area contributed by atoms with Crippen LogP contribution in [0.4, 0.5) is 11.5 Å². The molecular formula is C15H18N4OS. The minimum Gasteiger partial charge on any atom is -0.381 e. The number of aryl methyl sites for hydroxylation is 1. The molecule has 1 aromatic carbocycles. The number of hydrogen-bond donors (Lipinski definition) is 2. The van der Waals surface area contributed by atoms with Crippen molar-refractivity contribution in [1.29, 1.82) is 0 Å². The first-order valence-electron chi connectivity index (χ1n) is 6.77. The Labute approximate surface area is 128 Å². The molecule has 5 nitrogen and oxygen atoms in total. The molecule has 0 aliphatic carbocycles. The lowest BCUT2D eigenvalue weighted by atomic mass is 10.1. The van der Waals surface area contributed by atoms with E-state index in [1.54, 1.807) is 6.20 Å². The summed E-state index contributed by atoms with van der Waals surface area (Å²) in [6, 6.07) is 7.91. The molecule has 0 radical (unpaired) electrons. The van der Waals surface area contributed by atoms with Crippen LogP contribution in [0.5, 0.6) is 0 Å². The SMILES string of the molecule is CCCc1ccc(NC(=O)CSc2nccnc2N)cc1. The van der Waals surface area contributed by atoms with Gasteiger partial charge in [0.05, 0.1) is 5.75 Å². The van der Waals surface area contributed by atoms with E-state index in [0.29, 0.717) is 10.8 Å². The largest absolute Gasteiger partial charge is 0.381 e. The van der Waals surface area contributed by atoms with Gasteiger partial charge in [-0.1, -0.05) is 37.2 Å². The number of aromatic nitrogens is 2. The van der Waals surface area contributed by atoms with Crippen molar-refractivity contribution >= 4 is 29.2 Å². The number of benzene rings is 1. The highest BCUT2D eigenvalue weighted by molar-refractivity contribution is 8.00. The monoisotopic (exact) mass is 302 g/mol. The highest BCUT2D eigenvalue weighted by Gasteiger charge is 2.07. The predicted molar refractivity (Wildman–Crippen MR) is 86.2 cm³/mol. The summed E-state index contributed by atoms with van der Waals surface area (Å²) in [5, 5.41) is 3.43. The van der Waals surface area contributed by atoms with Crippen LogP contribution < -0.4 is 11.1 Å². The van der Waals surface area contributed by atoms with Crippen LogP contribution >= 0.6 is 11.8 Å². The van der Waals surface area contributed by atoms with Gasteiger partial charge in [-0.15, -0.1) is 0 Å². The summed E-state index contributed by atoms with van der Waals surface area (Å²) in [6.07, 6.45) is 5.25. The summed E-state index contributed by atoms with van der Waals surface area (Å²) in [5.41, 5.74) is 7.75. The Bertz CT molecular complexity index is 601. The van der Waals surface area contributed by atoms with Gasteiger partial charge in [0.2, 0.25) is 5.91 Å². The van der Waals surface area contributed by atoms with Crippen molar-refractivity contribution in [2.75, 3.05) is 16.8 Å². The zero-order chi connectivity index (χ0) is 15.1. The van der Waals surface area contributed by atoms with Crippen molar-refractivity contribution in [2.45, 2.75) is 24.8 Å². The smallest absolute Gasteiger partial charge is 0.234 e. The van der Waals surface area contributed by atoms with Gasteiger partial charge in [-0.2, -0.15) is 0 Å². The highest BCUT2D eigenvalue weighted by Crippen LogP contribution is 2.20. The summed E-state index contributed by atoms with van der Waals surface area (Å²) in [7, 11) is 0. The van der Waals surface area contributed by atoms with Crippen molar-refractivity contribution < 1.29 is 4.79 Å². The molecule has 0 aliphatic heterocycles. The number of anilines is 2. The Hall–Kier alpha value is -2.08. The molecule has 0 atom stereocenters. The lowest BCUT2D eigenvalue weighted by molar-refractivity contribution is -0.113. The topological polar surface area (TPSA) is 80.9 Å². The fraction of sp³-hybridized carbons (Fsp3) is 0.267. The molecule has 0 saturated carbocycles. The standard InChI is InChI=1S/C15H18N4OS/c1-2-3-11-4-6-12(7-5-11)19-13(20)10-21-15-14(16)17-8-9-18-15/h4-9H,2-3,10H2,1H3,(H2,16,17)(H,19,20). The molecule has 1 amide bonds. The third-order valence-corrected chi connectivity index (χ3v) is 3.80. The fourth-order valence-electron chi connectivity index (χ4n) is 1.82. The van der Waals surface area contributed by atoms with E-state index in [2.05, 4.69) is 22.2 Å². The third kappa shape index (κ3) is 4.75. The van der Waals surface area contributed by atoms with Crippen LogP contribution in [-0.2, 0) is 11.2 Å². The maximum atomic E-state index is 11.9. The van der Waals surface area contributed by atoms with Gasteiger partial charge in [0.15, 0.2) is 5.82 Å². The first-order chi connectivity index (χ1) is 10.2. The molecule has 3 N–H and O–H groups in total. The average molecular weight is 302 g/mol. The molecule has 0 unspecified atom stereocenters. The van der Waals surface area contributed by atoms with Crippen LogP contribution in [0.25, 0.3) is 0 Å². The summed E-state index contributed by atoms with van der Waals surface area (Å²) >= 11 is 1.28. The van der Waals surface area contributed by atoms with Crippen molar-refractivity contribution in [3.8, 4) is 0 Å². The first kappa shape index (κ1) is 15.3. The van der Waals surface area contributed by atoms with Crippen LogP contribution in [-0.4, -0.2) is 21.6 Å². The summed E-state index contributed by atoms with van der Waals surface area (Å²) < 4.78 is 0. The quantitative estimate of drug-likeness (QED) is 0.802. The number of carbonyl (C=O) groups excluding carboxylic acids is 1. The lowest BCUT2D eigenvalue weighted by Crippen LogP contribution is -2.14. The van der Waals surface area contributed by atoms with Crippen LogP contribution in [0.1, 0.15) is 18.9 Å². The van der Waals surface area contributed by atoms with E-state index in [0.717, 1.165) is 18.5 Å². The van der Waals surface area contributed by atoms with Crippen molar-refractivity contribution in [2.24, 2.45) is 0 Å². The third-order valence-electron chi connectivity index (χ3n) is 2.81. The molecule has 1 heterocycles. The number of nitrogens with two attached hydrogens (primary N) is 1. The zero-order valence-electron chi connectivity index (χ0n) is 11.9. The maximum absolute atomic E-state index is 11.9. The van der Waals surface area contributed by atoms with Gasteiger partial charge in [0, 0.05) is 18.1 Å². The van der Waals surface area contributed by atoms with Crippen LogP contribution in [0.3, 0.4) is 0 Å². The summed E-state index contributed by atoms with van der Waals surface area (Å²) in [5.74, 6) is 0.507. The van der Waals surface area contributed by atoms with Crippen LogP contribution in [0, 0.1) is 0 Å². The molecule has 21 heavy (non-hydrogen) atoms. The first-order valence-corrected chi connectivity index (χ1v) is 7.75. The molecule has 0 saturated heterocycles. The molecule has 0 fully saturated rings. The number of carbonyl (C=O) groups is 1. The molecule has 0 spiro atoms. The van der Waals surface area contributed by atoms with Gasteiger partial charge in [-0.25, -0.2) is 9.97 Å². The second kappa shape index (κ2) is 7.64. The molecule has 0 bridgehead atoms. The molecule has 2 aromatic rings. The molecule has 2 rings (SSSR count). The van der Waals surface area contributed by atoms with E-state index in [4.69, 9.17) is 5.73 Å². The normalized spacial score (nSPS) is 10.3. The molecule has 0 aliphatic rings. The second-order valence-electron chi connectivity index (χ2n) is 4.53. The Morgan fingerprint density at radius 1 is 1.24 bits per heavy atom. The second-order valence-corrected chi connectivity index (χ2v) is 5.49. The maximum Gasteiger partial charge on any atom is 0.234 e. The van der Waals surface area contributed by atoms with Gasteiger partial charge in [0.25, 0.3) is 0 Å². The fourth-order valence-corrected chi connectivity index (χ4v) is 2.50. The number of nitrogens with one attached hydrogen (secondary N) is 1. The van der Waals surface area contributed by atoms with Crippen molar-refractivity contribution in [3.63, 3.8) is 0 Å². The Kier molecular flexibility index (Phi) is 5.57. The van der Waals surface area contributed by atoms with E-state index >= 15 is 0 Å². The summed E-state index contributed by atoms with van der Waals surface area (Å²) in [4.78, 5) is 19.9. The Morgan fingerprint density at radius 2 is 1.95 bits per heavy atom. The minimum atomic E-state index is -0.0895. The zero-order valence-corrected chi connectivity index (χ0v) is 12.7. The van der Waals surface area contributed by atoms with Gasteiger partial charge in [-0.05, 0) is 24.1 Å². The predicted octanol–water partition coefficient (Wildman–Crippen LogP) is 2.74. The van der Waals surface area contributed by atoms with Gasteiger partial charge < -0.3 is 11.1 Å². The number of nitrogens with zero attached hydrogens (tertiary/aromatic N) is 2.